The van der Waals surface area contributed by atoms with E-state index in [1.165, 1.54) is 24.0 Å². The summed E-state index contributed by atoms with van der Waals surface area (Å²) in [7, 11) is 6.23. The molecule has 3 rings (SSSR count). The molecule has 17 nitrogen and oxygen atoms in total. The van der Waals surface area contributed by atoms with E-state index in [2.05, 4.69) is 10.6 Å². The lowest BCUT2D eigenvalue weighted by molar-refractivity contribution is -0.149. The van der Waals surface area contributed by atoms with Crippen LogP contribution in [0.5, 0.6) is 0 Å². The monoisotopic (exact) mass is 941 g/mol. The van der Waals surface area contributed by atoms with Crippen LogP contribution < -0.4 is 10.6 Å². The second-order valence-electron chi connectivity index (χ2n) is 19.4. The first-order valence-corrected chi connectivity index (χ1v) is 24.2. The predicted octanol–water partition coefficient (Wildman–Crippen LogP) is 4.30. The first-order valence-electron chi connectivity index (χ1n) is 24.2. The molecule has 0 aromatic heterocycles. The number of amides is 7. The molecule has 376 valence electrons. The molecule has 1 aromatic carbocycles. The van der Waals surface area contributed by atoms with E-state index in [4.69, 9.17) is 9.47 Å². The van der Waals surface area contributed by atoms with Crippen molar-refractivity contribution in [3.8, 4) is 0 Å². The van der Waals surface area contributed by atoms with Gasteiger partial charge in [0.05, 0.1) is 36.6 Å². The molecule has 3 N–H and O–H groups in total. The van der Waals surface area contributed by atoms with Gasteiger partial charge in [0.2, 0.25) is 41.4 Å². The van der Waals surface area contributed by atoms with Gasteiger partial charge in [-0.2, -0.15) is 0 Å². The van der Waals surface area contributed by atoms with E-state index in [1.807, 2.05) is 47.6 Å². The van der Waals surface area contributed by atoms with Gasteiger partial charge in [0, 0.05) is 66.6 Å². The molecule has 67 heavy (non-hydrogen) atoms. The zero-order valence-electron chi connectivity index (χ0n) is 42.1. The predicted molar refractivity (Wildman–Crippen MR) is 253 cm³/mol. The molecule has 10 atom stereocenters. The normalized spacial score (nSPS) is 19.9. The van der Waals surface area contributed by atoms with Crippen molar-refractivity contribution in [2.75, 3.05) is 41.4 Å². The number of likely N-dealkylation sites (N-methyl/N-ethyl adjacent to an activating group) is 2. The highest BCUT2D eigenvalue weighted by Gasteiger charge is 2.44. The molecular weight excluding hydrogens is 861 g/mol. The summed E-state index contributed by atoms with van der Waals surface area (Å²) in [6, 6.07) is 4.99. The Labute approximate surface area is 398 Å². The highest BCUT2D eigenvalue weighted by Crippen LogP contribution is 2.30. The molecule has 0 radical (unpaired) electrons. The van der Waals surface area contributed by atoms with Crippen molar-refractivity contribution in [2.45, 2.75) is 162 Å². The molecule has 17 heteroatoms. The Morgan fingerprint density at radius 1 is 0.866 bits per heavy atom. The molecule has 7 amide bonds. The van der Waals surface area contributed by atoms with Crippen LogP contribution in [0.1, 0.15) is 119 Å². The molecule has 2 aliphatic heterocycles. The lowest BCUT2D eigenvalue weighted by Crippen LogP contribution is -2.60. The maximum atomic E-state index is 14.6. The van der Waals surface area contributed by atoms with Gasteiger partial charge >= 0.3 is 5.97 Å². The third-order valence-corrected chi connectivity index (χ3v) is 13.8. The number of nitrogens with zero attached hydrogens (tertiary/aromatic N) is 4. The molecule has 0 saturated carbocycles. The van der Waals surface area contributed by atoms with Crippen molar-refractivity contribution in [2.24, 2.45) is 29.6 Å². The van der Waals surface area contributed by atoms with Crippen LogP contribution in [0.3, 0.4) is 0 Å². The van der Waals surface area contributed by atoms with Gasteiger partial charge in [-0.3, -0.25) is 38.5 Å². The number of carboxylic acid groups (broad SMARTS) is 1. The number of aliphatic carboxylic acids is 1. The lowest BCUT2D eigenvalue weighted by Gasteiger charge is -2.41. The quantitative estimate of drug-likeness (QED) is 0.0836. The van der Waals surface area contributed by atoms with Gasteiger partial charge in [-0.05, 0) is 49.0 Å². The van der Waals surface area contributed by atoms with Crippen LogP contribution in [0.2, 0.25) is 0 Å². The zero-order chi connectivity index (χ0) is 50.3. The molecular formula is C50H80N6O11. The third-order valence-electron chi connectivity index (χ3n) is 13.8. The number of ether oxygens (including phenoxy) is 2. The van der Waals surface area contributed by atoms with Gasteiger partial charge in [0.1, 0.15) is 18.1 Å². The van der Waals surface area contributed by atoms with Crippen LogP contribution >= 0.6 is 0 Å². The summed E-state index contributed by atoms with van der Waals surface area (Å²) in [4.78, 5) is 113. The fourth-order valence-corrected chi connectivity index (χ4v) is 9.69. The van der Waals surface area contributed by atoms with Crippen LogP contribution in [0, 0.1) is 29.6 Å². The van der Waals surface area contributed by atoms with Crippen molar-refractivity contribution in [1.82, 2.24) is 30.2 Å². The molecule has 2 heterocycles. The number of carbonyl (C=O) groups excluding carboxylic acids is 7. The minimum Gasteiger partial charge on any atom is -0.480 e. The molecule has 0 spiro atoms. The number of unbranched alkanes of at least 4 members (excludes halogenated alkanes) is 2. The minimum atomic E-state index is -1.16. The third kappa shape index (κ3) is 15.0. The standard InChI is InChI=1S/C50H80N6O11/c1-13-32(6)44(38(66-11)29-41(59)55-26-20-23-37(55)45(67-12)34(8)46(60)51-36(50(64)65)28-35-21-16-14-17-22-35)54(10)49(63)42(30(2)3)52-47(61)43(31(4)5)53(9)39(57)24-18-15-19-25-56-40(58)27-33(7)48(56)62/h14,16-17,21-22,30-34,36-38,42-45H,13,15,18-20,23-29H2,1-12H3,(H,51,60)(H,52,61)(H,64,65)/t32-,33?,34+,36-,37-,38+,42-,43-,44?,45+/m0/s1. The summed E-state index contributed by atoms with van der Waals surface area (Å²) in [5, 5.41) is 15.6. The number of benzene rings is 1. The van der Waals surface area contributed by atoms with Crippen molar-refractivity contribution in [1.29, 1.82) is 0 Å². The Morgan fingerprint density at radius 3 is 2.06 bits per heavy atom. The Hall–Kier alpha value is -4.90. The number of hydrogen-bond donors (Lipinski definition) is 3. The Bertz CT molecular complexity index is 1840. The number of likely N-dealkylation sites (tertiary alicyclic amines) is 2. The first-order chi connectivity index (χ1) is 31.6. The van der Waals surface area contributed by atoms with Crippen LogP contribution in [0.4, 0.5) is 0 Å². The molecule has 2 aliphatic rings. The van der Waals surface area contributed by atoms with Gasteiger partial charge in [0.15, 0.2) is 0 Å². The van der Waals surface area contributed by atoms with E-state index in [0.29, 0.717) is 51.6 Å². The molecule has 0 aliphatic carbocycles. The average Bonchev–Trinajstić information content (AvgIpc) is 3.87. The van der Waals surface area contributed by atoms with Gasteiger partial charge in [0.25, 0.3) is 0 Å². The fourth-order valence-electron chi connectivity index (χ4n) is 9.69. The van der Waals surface area contributed by atoms with Crippen molar-refractivity contribution in [3.63, 3.8) is 0 Å². The van der Waals surface area contributed by atoms with Gasteiger partial charge in [-0.25, -0.2) is 4.79 Å². The van der Waals surface area contributed by atoms with Crippen molar-refractivity contribution >= 4 is 47.3 Å². The van der Waals surface area contributed by atoms with E-state index in [1.54, 1.807) is 62.0 Å². The second-order valence-corrected chi connectivity index (χ2v) is 19.4. The van der Waals surface area contributed by atoms with Crippen molar-refractivity contribution < 1.29 is 52.9 Å². The summed E-state index contributed by atoms with van der Waals surface area (Å²) < 4.78 is 11.9. The fraction of sp³-hybridized carbons (Fsp3) is 0.720. The molecule has 2 unspecified atom stereocenters. The first kappa shape index (κ1) is 56.4. The molecule has 2 saturated heterocycles. The number of rotatable bonds is 27. The Kier molecular flexibility index (Phi) is 22.4. The summed E-state index contributed by atoms with van der Waals surface area (Å²) in [5.74, 6) is -5.14. The maximum Gasteiger partial charge on any atom is 0.326 e. The summed E-state index contributed by atoms with van der Waals surface area (Å²) in [6.07, 6.45) is 2.56. The van der Waals surface area contributed by atoms with Gasteiger partial charge < -0.3 is 39.9 Å². The number of nitrogens with one attached hydrogen (secondary N) is 2. The van der Waals surface area contributed by atoms with Crippen LogP contribution in [0.25, 0.3) is 0 Å². The highest BCUT2D eigenvalue weighted by molar-refractivity contribution is 6.03. The zero-order valence-corrected chi connectivity index (χ0v) is 42.1. The lowest BCUT2D eigenvalue weighted by atomic mass is 9.89. The number of carbonyl (C=O) groups is 8. The Morgan fingerprint density at radius 2 is 1.52 bits per heavy atom. The van der Waals surface area contributed by atoms with Gasteiger partial charge in [-0.1, -0.05) is 98.6 Å². The maximum absolute atomic E-state index is 14.6. The highest BCUT2D eigenvalue weighted by atomic mass is 16.5. The van der Waals surface area contributed by atoms with Crippen LogP contribution in [-0.4, -0.2) is 156 Å². The molecule has 2 fully saturated rings. The Balaban J connectivity index is 1.71. The summed E-state index contributed by atoms with van der Waals surface area (Å²) >= 11 is 0. The number of methoxy groups -OCH3 is 2. The van der Waals surface area contributed by atoms with E-state index < -0.39 is 66.1 Å². The van der Waals surface area contributed by atoms with Gasteiger partial charge in [-0.15, -0.1) is 0 Å². The summed E-state index contributed by atoms with van der Waals surface area (Å²) in [5.41, 5.74) is 0.763. The van der Waals surface area contributed by atoms with Crippen LogP contribution in [0.15, 0.2) is 30.3 Å². The average molecular weight is 941 g/mol. The minimum absolute atomic E-state index is 0.0798. The van der Waals surface area contributed by atoms with Crippen LogP contribution in [-0.2, 0) is 54.3 Å². The number of carboxylic acids is 1. The molecule has 0 bridgehead atoms. The van der Waals surface area contributed by atoms with E-state index in [-0.39, 0.29) is 78.9 Å². The summed E-state index contributed by atoms with van der Waals surface area (Å²) in [6.45, 7) is 15.5. The smallest absolute Gasteiger partial charge is 0.326 e. The van der Waals surface area contributed by atoms with E-state index in [0.717, 1.165) is 5.56 Å². The molecule has 1 aromatic rings. The van der Waals surface area contributed by atoms with Crippen molar-refractivity contribution in [3.05, 3.63) is 35.9 Å². The SMILES string of the molecule is CC[C@H](C)C([C@@H](CC(=O)N1CCC[C@H]1[C@H](OC)[C@@H](C)C(=O)N[C@@H](Cc1ccccc1)C(=O)O)OC)N(C)C(=O)[C@@H](NC(=O)[C@H](C(C)C)N(C)C(=O)CCCCCN1C(=O)CC(C)C1=O)C(C)C. The number of hydrogen-bond acceptors (Lipinski definition) is 10. The topological polar surface area (TPSA) is 212 Å². The second kappa shape index (κ2) is 26.6. The largest absolute Gasteiger partial charge is 0.480 e. The van der Waals surface area contributed by atoms with E-state index >= 15 is 0 Å². The number of imide groups is 1. The van der Waals surface area contributed by atoms with E-state index in [9.17, 15) is 43.5 Å².